The molecule has 0 aliphatic carbocycles. The van der Waals surface area contributed by atoms with Gasteiger partial charge in [0, 0.05) is 23.9 Å². The summed E-state index contributed by atoms with van der Waals surface area (Å²) in [6.45, 7) is 2.52. The third-order valence-corrected chi connectivity index (χ3v) is 3.40. The monoisotopic (exact) mass is 320 g/mol. The van der Waals surface area contributed by atoms with Crippen molar-refractivity contribution >= 4 is 28.9 Å². The lowest BCUT2D eigenvalue weighted by atomic mass is 10.2. The van der Waals surface area contributed by atoms with Gasteiger partial charge < -0.3 is 5.32 Å². The standard InChI is InChI=1S/C15H14ClN3O3/c1-11-4-7-18(8-5-11)9-6-15(20)17-12-2-3-13(16)14(10-12)19(21)22/h2-5,7-8,10H,6,9H2,1H3/p+1. The summed E-state index contributed by atoms with van der Waals surface area (Å²) >= 11 is 5.72. The van der Waals surface area contributed by atoms with E-state index in [1.54, 1.807) is 0 Å². The molecule has 114 valence electrons. The van der Waals surface area contributed by atoms with Crippen molar-refractivity contribution in [3.8, 4) is 0 Å². The molecule has 0 radical (unpaired) electrons. The number of pyridine rings is 1. The molecule has 0 spiro atoms. The number of carbonyl (C=O) groups is 1. The van der Waals surface area contributed by atoms with Gasteiger partial charge in [-0.15, -0.1) is 0 Å². The van der Waals surface area contributed by atoms with Crippen molar-refractivity contribution in [2.24, 2.45) is 0 Å². The molecule has 1 amide bonds. The van der Waals surface area contributed by atoms with Gasteiger partial charge in [0.1, 0.15) is 5.02 Å². The summed E-state index contributed by atoms with van der Waals surface area (Å²) < 4.78 is 1.90. The highest BCUT2D eigenvalue weighted by Gasteiger charge is 2.14. The van der Waals surface area contributed by atoms with Crippen molar-refractivity contribution in [3.63, 3.8) is 0 Å². The number of nitro groups is 1. The molecular weight excluding hydrogens is 306 g/mol. The van der Waals surface area contributed by atoms with Crippen LogP contribution in [0.1, 0.15) is 12.0 Å². The van der Waals surface area contributed by atoms with Gasteiger partial charge in [-0.2, -0.15) is 0 Å². The van der Waals surface area contributed by atoms with Gasteiger partial charge >= 0.3 is 0 Å². The van der Waals surface area contributed by atoms with Crippen LogP contribution in [0.25, 0.3) is 0 Å². The van der Waals surface area contributed by atoms with Crippen LogP contribution >= 0.6 is 11.6 Å². The minimum absolute atomic E-state index is 0.0400. The summed E-state index contributed by atoms with van der Waals surface area (Å²) in [6, 6.07) is 8.09. The highest BCUT2D eigenvalue weighted by Crippen LogP contribution is 2.27. The fourth-order valence-corrected chi connectivity index (χ4v) is 2.05. The van der Waals surface area contributed by atoms with Crippen LogP contribution in [0.5, 0.6) is 0 Å². The van der Waals surface area contributed by atoms with Gasteiger partial charge in [0.15, 0.2) is 18.9 Å². The van der Waals surface area contributed by atoms with E-state index < -0.39 is 4.92 Å². The van der Waals surface area contributed by atoms with E-state index in [1.165, 1.54) is 18.2 Å². The van der Waals surface area contributed by atoms with Crippen molar-refractivity contribution in [1.82, 2.24) is 0 Å². The Morgan fingerprint density at radius 1 is 1.32 bits per heavy atom. The summed E-state index contributed by atoms with van der Waals surface area (Å²) in [5, 5.41) is 13.5. The molecule has 0 unspecified atom stereocenters. The highest BCUT2D eigenvalue weighted by molar-refractivity contribution is 6.32. The van der Waals surface area contributed by atoms with Crippen molar-refractivity contribution in [2.45, 2.75) is 19.9 Å². The number of aromatic nitrogens is 1. The number of benzene rings is 1. The summed E-state index contributed by atoms with van der Waals surface area (Å²) in [6.07, 6.45) is 4.07. The first kappa shape index (κ1) is 15.9. The van der Waals surface area contributed by atoms with E-state index in [1.807, 2.05) is 36.0 Å². The predicted octanol–water partition coefficient (Wildman–Crippen LogP) is 2.87. The minimum atomic E-state index is -0.583. The third kappa shape index (κ3) is 4.26. The van der Waals surface area contributed by atoms with E-state index in [0.29, 0.717) is 12.2 Å². The Morgan fingerprint density at radius 3 is 2.64 bits per heavy atom. The lowest BCUT2D eigenvalue weighted by Crippen LogP contribution is -2.34. The first-order chi connectivity index (χ1) is 10.5. The number of aryl methyl sites for hydroxylation is 2. The molecule has 0 saturated heterocycles. The molecular formula is C15H15ClN3O3+. The number of nitrogens with zero attached hydrogens (tertiary/aromatic N) is 2. The Morgan fingerprint density at radius 2 is 2.00 bits per heavy atom. The van der Waals surface area contributed by atoms with Crippen LogP contribution in [0.3, 0.4) is 0 Å². The molecule has 7 heteroatoms. The van der Waals surface area contributed by atoms with Gasteiger partial charge in [0.2, 0.25) is 5.91 Å². The predicted molar refractivity (Wildman–Crippen MR) is 82.7 cm³/mol. The Balaban J connectivity index is 1.96. The topological polar surface area (TPSA) is 76.1 Å². The van der Waals surface area contributed by atoms with Crippen LogP contribution in [0.15, 0.2) is 42.7 Å². The molecule has 0 fully saturated rings. The SMILES string of the molecule is Cc1cc[n+](CCC(=O)Nc2ccc(Cl)c([N+](=O)[O-])c2)cc1. The second kappa shape index (κ2) is 7.00. The smallest absolute Gasteiger partial charge is 0.289 e. The molecule has 0 atom stereocenters. The van der Waals surface area contributed by atoms with Gasteiger partial charge in [0.25, 0.3) is 5.69 Å². The number of amides is 1. The molecule has 1 N–H and O–H groups in total. The van der Waals surface area contributed by atoms with E-state index in [4.69, 9.17) is 11.6 Å². The molecule has 0 bridgehead atoms. The lowest BCUT2D eigenvalue weighted by molar-refractivity contribution is -0.695. The quantitative estimate of drug-likeness (QED) is 0.523. The van der Waals surface area contributed by atoms with Crippen molar-refractivity contribution in [1.29, 1.82) is 0 Å². The summed E-state index contributed by atoms with van der Waals surface area (Å²) in [5.41, 5.74) is 1.27. The molecule has 2 aromatic rings. The maximum absolute atomic E-state index is 11.9. The van der Waals surface area contributed by atoms with Gasteiger partial charge in [-0.25, -0.2) is 4.57 Å². The van der Waals surface area contributed by atoms with Crippen LogP contribution in [0.4, 0.5) is 11.4 Å². The first-order valence-corrected chi connectivity index (χ1v) is 7.03. The number of halogens is 1. The van der Waals surface area contributed by atoms with Crippen molar-refractivity contribution < 1.29 is 14.3 Å². The highest BCUT2D eigenvalue weighted by atomic mass is 35.5. The molecule has 2 rings (SSSR count). The lowest BCUT2D eigenvalue weighted by Gasteiger charge is -2.04. The minimum Gasteiger partial charge on any atom is -0.326 e. The van der Waals surface area contributed by atoms with Crippen molar-refractivity contribution in [3.05, 3.63) is 63.4 Å². The van der Waals surface area contributed by atoms with Gasteiger partial charge in [-0.3, -0.25) is 14.9 Å². The molecule has 1 aromatic heterocycles. The zero-order valence-electron chi connectivity index (χ0n) is 12.0. The van der Waals surface area contributed by atoms with Crippen LogP contribution < -0.4 is 9.88 Å². The summed E-state index contributed by atoms with van der Waals surface area (Å²) in [5.74, 6) is -0.218. The largest absolute Gasteiger partial charge is 0.326 e. The summed E-state index contributed by atoms with van der Waals surface area (Å²) in [7, 11) is 0. The third-order valence-electron chi connectivity index (χ3n) is 3.08. The van der Waals surface area contributed by atoms with E-state index >= 15 is 0 Å². The average molecular weight is 321 g/mol. The number of rotatable bonds is 5. The van der Waals surface area contributed by atoms with Crippen LogP contribution in [0, 0.1) is 17.0 Å². The average Bonchev–Trinajstić information content (AvgIpc) is 2.48. The number of anilines is 1. The van der Waals surface area contributed by atoms with Crippen LogP contribution in [-0.4, -0.2) is 10.8 Å². The Kier molecular flexibility index (Phi) is 5.06. The maximum atomic E-state index is 11.9. The first-order valence-electron chi connectivity index (χ1n) is 6.65. The second-order valence-corrected chi connectivity index (χ2v) is 5.24. The number of carbonyl (C=O) groups excluding carboxylic acids is 1. The second-order valence-electron chi connectivity index (χ2n) is 4.83. The maximum Gasteiger partial charge on any atom is 0.289 e. The van der Waals surface area contributed by atoms with E-state index in [2.05, 4.69) is 5.32 Å². The molecule has 0 aliphatic rings. The van der Waals surface area contributed by atoms with Gasteiger partial charge in [0.05, 0.1) is 11.3 Å². The van der Waals surface area contributed by atoms with Crippen LogP contribution in [-0.2, 0) is 11.3 Å². The summed E-state index contributed by atoms with van der Waals surface area (Å²) in [4.78, 5) is 22.1. The molecule has 1 aromatic carbocycles. The number of nitro benzene ring substituents is 1. The normalized spacial score (nSPS) is 10.3. The van der Waals surface area contributed by atoms with E-state index in [9.17, 15) is 14.9 Å². The Labute approximate surface area is 132 Å². The molecule has 0 aliphatic heterocycles. The zero-order valence-corrected chi connectivity index (χ0v) is 12.7. The Hall–Kier alpha value is -2.47. The van der Waals surface area contributed by atoms with Gasteiger partial charge in [-0.1, -0.05) is 11.6 Å². The number of nitrogens with one attached hydrogen (secondary N) is 1. The molecule has 6 nitrogen and oxygen atoms in total. The number of hydrogen-bond donors (Lipinski definition) is 1. The zero-order chi connectivity index (χ0) is 16.1. The molecule has 0 saturated carbocycles. The van der Waals surface area contributed by atoms with E-state index in [0.717, 1.165) is 5.56 Å². The Bertz CT molecular complexity index is 702. The number of hydrogen-bond acceptors (Lipinski definition) is 3. The molecule has 22 heavy (non-hydrogen) atoms. The van der Waals surface area contributed by atoms with Crippen molar-refractivity contribution in [2.75, 3.05) is 5.32 Å². The fourth-order valence-electron chi connectivity index (χ4n) is 1.87. The van der Waals surface area contributed by atoms with E-state index in [-0.39, 0.29) is 23.0 Å². The van der Waals surface area contributed by atoms with Gasteiger partial charge in [-0.05, 0) is 24.6 Å². The fraction of sp³-hybridized carbons (Fsp3) is 0.200. The van der Waals surface area contributed by atoms with Crippen LogP contribution in [0.2, 0.25) is 5.02 Å². The molecule has 1 heterocycles.